The summed E-state index contributed by atoms with van der Waals surface area (Å²) in [6.07, 6.45) is 4.40. The van der Waals surface area contributed by atoms with Crippen molar-refractivity contribution in [1.29, 1.82) is 0 Å². The SMILES string of the molecule is Cc1cccc(S(=O)(=O)[C@@]2(C)CCOC(c3nc(C4CC4)co3)C2)c1. The van der Waals surface area contributed by atoms with Crippen LogP contribution >= 0.6 is 0 Å². The Kier molecular flexibility index (Phi) is 4.00. The molecule has 4 rings (SSSR count). The summed E-state index contributed by atoms with van der Waals surface area (Å²) in [7, 11) is -3.47. The van der Waals surface area contributed by atoms with Gasteiger partial charge in [-0.3, -0.25) is 0 Å². The van der Waals surface area contributed by atoms with Gasteiger partial charge in [0.25, 0.3) is 0 Å². The summed E-state index contributed by atoms with van der Waals surface area (Å²) < 4.78 is 37.0. The topological polar surface area (TPSA) is 69.4 Å². The van der Waals surface area contributed by atoms with Crippen molar-refractivity contribution >= 4 is 9.84 Å². The van der Waals surface area contributed by atoms with Crippen LogP contribution in [0.4, 0.5) is 0 Å². The van der Waals surface area contributed by atoms with Crippen LogP contribution in [0.2, 0.25) is 0 Å². The smallest absolute Gasteiger partial charge is 0.223 e. The van der Waals surface area contributed by atoms with Crippen molar-refractivity contribution in [1.82, 2.24) is 4.98 Å². The summed E-state index contributed by atoms with van der Waals surface area (Å²) in [6.45, 7) is 4.10. The fourth-order valence-electron chi connectivity index (χ4n) is 3.46. The molecule has 0 bridgehead atoms. The van der Waals surface area contributed by atoms with Crippen LogP contribution in [-0.4, -0.2) is 24.8 Å². The molecule has 2 fully saturated rings. The molecule has 1 aromatic heterocycles. The number of aromatic nitrogens is 1. The summed E-state index contributed by atoms with van der Waals surface area (Å²) in [6, 6.07) is 7.11. The maximum absolute atomic E-state index is 13.3. The van der Waals surface area contributed by atoms with Crippen molar-refractivity contribution in [3.05, 3.63) is 47.7 Å². The molecule has 6 heteroatoms. The van der Waals surface area contributed by atoms with E-state index >= 15 is 0 Å². The first-order chi connectivity index (χ1) is 11.9. The van der Waals surface area contributed by atoms with Crippen molar-refractivity contribution in [2.75, 3.05) is 6.61 Å². The Labute approximate surface area is 148 Å². The first kappa shape index (κ1) is 16.8. The van der Waals surface area contributed by atoms with Gasteiger partial charge in [0.05, 0.1) is 15.3 Å². The number of hydrogen-bond donors (Lipinski definition) is 0. The molecular formula is C19H23NO4S. The highest BCUT2D eigenvalue weighted by atomic mass is 32.2. The molecule has 2 aromatic rings. The normalized spacial score (nSPS) is 27.4. The van der Waals surface area contributed by atoms with Crippen molar-refractivity contribution in [3.8, 4) is 0 Å². The number of hydrogen-bond acceptors (Lipinski definition) is 5. The third-order valence-corrected chi connectivity index (χ3v) is 7.87. The van der Waals surface area contributed by atoms with Crippen LogP contribution in [0.3, 0.4) is 0 Å². The van der Waals surface area contributed by atoms with E-state index in [2.05, 4.69) is 4.98 Å². The molecule has 1 aromatic carbocycles. The molecule has 134 valence electrons. The lowest BCUT2D eigenvalue weighted by Gasteiger charge is -2.36. The van der Waals surface area contributed by atoms with E-state index in [1.807, 2.05) is 19.9 Å². The second kappa shape index (κ2) is 5.95. The molecule has 5 nitrogen and oxygen atoms in total. The standard InChI is InChI=1S/C19H23NO4S/c1-13-4-3-5-15(10-13)25(21,22)19(2)8-9-23-17(11-19)18-20-16(12-24-18)14-6-7-14/h3-5,10,12,14,17H,6-9,11H2,1-2H3/t17?,19-/m0/s1. The number of rotatable bonds is 4. The fraction of sp³-hybridized carbons (Fsp3) is 0.526. The highest BCUT2D eigenvalue weighted by Crippen LogP contribution is 2.44. The summed E-state index contributed by atoms with van der Waals surface area (Å²) in [5, 5.41) is 0. The zero-order valence-corrected chi connectivity index (χ0v) is 15.4. The van der Waals surface area contributed by atoms with Gasteiger partial charge in [0.15, 0.2) is 9.84 Å². The molecule has 0 radical (unpaired) electrons. The predicted molar refractivity (Wildman–Crippen MR) is 93.2 cm³/mol. The van der Waals surface area contributed by atoms with Crippen LogP contribution < -0.4 is 0 Å². The highest BCUT2D eigenvalue weighted by molar-refractivity contribution is 7.92. The summed E-state index contributed by atoms with van der Waals surface area (Å²) in [4.78, 5) is 4.92. The molecule has 1 aliphatic heterocycles. The van der Waals surface area contributed by atoms with E-state index in [4.69, 9.17) is 9.15 Å². The molecule has 0 N–H and O–H groups in total. The molecule has 1 aliphatic carbocycles. The minimum atomic E-state index is -3.47. The maximum atomic E-state index is 13.3. The Balaban J connectivity index is 1.61. The van der Waals surface area contributed by atoms with Gasteiger partial charge in [0.2, 0.25) is 5.89 Å². The van der Waals surface area contributed by atoms with Crippen molar-refractivity contribution in [3.63, 3.8) is 0 Å². The van der Waals surface area contributed by atoms with Crippen molar-refractivity contribution in [2.45, 2.75) is 61.2 Å². The van der Waals surface area contributed by atoms with E-state index in [0.29, 0.717) is 36.2 Å². The van der Waals surface area contributed by atoms with Crippen molar-refractivity contribution in [2.24, 2.45) is 0 Å². The van der Waals surface area contributed by atoms with Gasteiger partial charge in [-0.15, -0.1) is 0 Å². The minimum Gasteiger partial charge on any atom is -0.446 e. The number of oxazole rings is 1. The van der Waals surface area contributed by atoms with Gasteiger partial charge in [0, 0.05) is 18.9 Å². The van der Waals surface area contributed by atoms with E-state index in [9.17, 15) is 8.42 Å². The van der Waals surface area contributed by atoms with Gasteiger partial charge >= 0.3 is 0 Å². The van der Waals surface area contributed by atoms with E-state index in [1.54, 1.807) is 24.5 Å². The third kappa shape index (κ3) is 3.02. The number of benzene rings is 1. The lowest BCUT2D eigenvalue weighted by atomic mass is 9.96. The lowest BCUT2D eigenvalue weighted by Crippen LogP contribution is -2.42. The first-order valence-electron chi connectivity index (χ1n) is 8.77. The average molecular weight is 361 g/mol. The number of nitrogens with zero attached hydrogens (tertiary/aromatic N) is 1. The monoisotopic (exact) mass is 361 g/mol. The molecule has 0 amide bonds. The minimum absolute atomic E-state index is 0.355. The highest BCUT2D eigenvalue weighted by Gasteiger charge is 2.46. The lowest BCUT2D eigenvalue weighted by molar-refractivity contribution is -0.0150. The second-order valence-electron chi connectivity index (χ2n) is 7.47. The molecule has 1 saturated carbocycles. The molecule has 1 saturated heterocycles. The zero-order valence-electron chi connectivity index (χ0n) is 14.6. The molecule has 2 aliphatic rings. The summed E-state index contributed by atoms with van der Waals surface area (Å²) in [5.41, 5.74) is 1.91. The van der Waals surface area contributed by atoms with Gasteiger partial charge in [-0.05, 0) is 50.8 Å². The molecule has 0 spiro atoms. The van der Waals surface area contributed by atoms with Crippen LogP contribution in [-0.2, 0) is 14.6 Å². The number of ether oxygens (including phenoxy) is 1. The van der Waals surface area contributed by atoms with Gasteiger partial charge in [0.1, 0.15) is 12.4 Å². The Morgan fingerprint density at radius 2 is 2.08 bits per heavy atom. The largest absolute Gasteiger partial charge is 0.446 e. The van der Waals surface area contributed by atoms with Crippen LogP contribution in [0.5, 0.6) is 0 Å². The second-order valence-corrected chi connectivity index (χ2v) is 9.93. The molecule has 25 heavy (non-hydrogen) atoms. The molecule has 2 heterocycles. The van der Waals surface area contributed by atoms with Crippen LogP contribution in [0, 0.1) is 6.92 Å². The quantitative estimate of drug-likeness (QED) is 0.825. The average Bonchev–Trinajstić information content (AvgIpc) is 3.32. The van der Waals surface area contributed by atoms with Crippen molar-refractivity contribution < 1.29 is 17.6 Å². The van der Waals surface area contributed by atoms with E-state index in [0.717, 1.165) is 24.1 Å². The van der Waals surface area contributed by atoms with Crippen LogP contribution in [0.25, 0.3) is 0 Å². The summed E-state index contributed by atoms with van der Waals surface area (Å²) in [5.74, 6) is 1.01. The van der Waals surface area contributed by atoms with Gasteiger partial charge in [-0.2, -0.15) is 0 Å². The molecule has 2 atom stereocenters. The Morgan fingerprint density at radius 3 is 2.80 bits per heavy atom. The fourth-order valence-corrected chi connectivity index (χ4v) is 5.35. The van der Waals surface area contributed by atoms with Gasteiger partial charge in [-0.1, -0.05) is 12.1 Å². The van der Waals surface area contributed by atoms with Gasteiger partial charge in [-0.25, -0.2) is 13.4 Å². The van der Waals surface area contributed by atoms with E-state index in [1.165, 1.54) is 0 Å². The number of aryl methyl sites for hydroxylation is 1. The number of sulfone groups is 1. The maximum Gasteiger partial charge on any atom is 0.223 e. The van der Waals surface area contributed by atoms with E-state index < -0.39 is 20.7 Å². The zero-order chi connectivity index (χ0) is 17.7. The van der Waals surface area contributed by atoms with Crippen LogP contribution in [0.1, 0.15) is 61.8 Å². The molecule has 1 unspecified atom stereocenters. The Morgan fingerprint density at radius 1 is 1.28 bits per heavy atom. The predicted octanol–water partition coefficient (Wildman–Crippen LogP) is 3.94. The van der Waals surface area contributed by atoms with Crippen LogP contribution in [0.15, 0.2) is 39.8 Å². The Hall–Kier alpha value is -1.66. The Bertz CT molecular complexity index is 884. The third-order valence-electron chi connectivity index (χ3n) is 5.33. The van der Waals surface area contributed by atoms with Gasteiger partial charge < -0.3 is 9.15 Å². The molecular weight excluding hydrogens is 338 g/mol. The first-order valence-corrected chi connectivity index (χ1v) is 10.3. The summed E-state index contributed by atoms with van der Waals surface area (Å²) >= 11 is 0. The van der Waals surface area contributed by atoms with E-state index in [-0.39, 0.29) is 0 Å².